The molecule has 31 heavy (non-hydrogen) atoms. The Morgan fingerprint density at radius 2 is 1.42 bits per heavy atom. The lowest BCUT2D eigenvalue weighted by atomic mass is 9.91. The van der Waals surface area contributed by atoms with Crippen molar-refractivity contribution in [2.45, 2.75) is 94.9 Å². The maximum Gasteiger partial charge on any atom is 0.0274 e. The molecule has 2 rings (SSSR count). The molecule has 0 atom stereocenters. The maximum absolute atomic E-state index is 5.27. The molecular weight excluding hydrogens is 372 g/mol. The molecule has 0 heterocycles. The first-order valence-corrected chi connectivity index (χ1v) is 11.8. The topological polar surface area (TPSA) is 0 Å². The summed E-state index contributed by atoms with van der Waals surface area (Å²) < 4.78 is 0. The van der Waals surface area contributed by atoms with Crippen LogP contribution in [0.15, 0.2) is 30.8 Å². The molecule has 0 saturated heterocycles. The fraction of sp³-hybridized carbons (Fsp3) is 0.484. The summed E-state index contributed by atoms with van der Waals surface area (Å²) in [5.41, 5.74) is 11.4. The number of hydrogen-bond donors (Lipinski definition) is 0. The van der Waals surface area contributed by atoms with Gasteiger partial charge in [0.05, 0.1) is 0 Å². The van der Waals surface area contributed by atoms with E-state index in [0.29, 0.717) is 0 Å². The number of benzene rings is 2. The summed E-state index contributed by atoms with van der Waals surface area (Å²) in [7, 11) is 0. The Kier molecular flexibility index (Phi) is 13.6. The number of allylic oxidation sites excluding steroid dienone is 1. The van der Waals surface area contributed by atoms with E-state index < -0.39 is 0 Å². The first-order valence-electron chi connectivity index (χ1n) is 11.8. The molecule has 0 N–H and O–H groups in total. The molecule has 0 aliphatic rings. The number of terminal acetylenes is 1. The molecule has 0 amide bonds. The Balaban J connectivity index is 0.000000451. The van der Waals surface area contributed by atoms with Crippen molar-refractivity contribution >= 4 is 5.57 Å². The van der Waals surface area contributed by atoms with Gasteiger partial charge in [-0.2, -0.15) is 0 Å². The van der Waals surface area contributed by atoms with Gasteiger partial charge >= 0.3 is 0 Å². The van der Waals surface area contributed by atoms with Gasteiger partial charge in [0.25, 0.3) is 0 Å². The monoisotopic (exact) mass is 418 g/mol. The predicted molar refractivity (Wildman–Crippen MR) is 143 cm³/mol. The van der Waals surface area contributed by atoms with Crippen LogP contribution < -0.4 is 0 Å². The van der Waals surface area contributed by atoms with E-state index in [1.54, 1.807) is 0 Å². The van der Waals surface area contributed by atoms with Crippen molar-refractivity contribution in [1.82, 2.24) is 0 Å². The third-order valence-corrected chi connectivity index (χ3v) is 5.89. The van der Waals surface area contributed by atoms with E-state index in [0.717, 1.165) is 17.1 Å². The molecule has 2 aromatic rings. The average molecular weight is 419 g/mol. The average Bonchev–Trinajstić information content (AvgIpc) is 2.69. The van der Waals surface area contributed by atoms with Gasteiger partial charge in [-0.25, -0.2) is 0 Å². The lowest BCUT2D eigenvalue weighted by Gasteiger charge is -2.14. The van der Waals surface area contributed by atoms with Crippen molar-refractivity contribution in [2.75, 3.05) is 0 Å². The van der Waals surface area contributed by atoms with E-state index >= 15 is 0 Å². The van der Waals surface area contributed by atoms with Gasteiger partial charge in [-0.3, -0.25) is 0 Å². The van der Waals surface area contributed by atoms with E-state index in [9.17, 15) is 0 Å². The second-order valence-corrected chi connectivity index (χ2v) is 9.06. The standard InChI is InChI=1S/C13H18.C10H10.C8H18/c1-8(2)13-10(4)7-9(3)11(5)12(13)6;1-4-10-7-8(2)5-6-9(10)3;1-4-6-8(3)7-5-2/h7H,1H2,2-6H3;1,5-7H,2-3H3;8H,4-7H2,1-3H3. The van der Waals surface area contributed by atoms with Crippen molar-refractivity contribution in [3.8, 4) is 12.3 Å². The quantitative estimate of drug-likeness (QED) is 0.424. The first kappa shape index (κ1) is 28.7. The summed E-state index contributed by atoms with van der Waals surface area (Å²) in [4.78, 5) is 0. The van der Waals surface area contributed by atoms with Crippen LogP contribution in [0.3, 0.4) is 0 Å². The first-order chi connectivity index (χ1) is 14.5. The Morgan fingerprint density at radius 1 is 0.871 bits per heavy atom. The molecule has 0 aliphatic heterocycles. The van der Waals surface area contributed by atoms with Crippen molar-refractivity contribution in [3.05, 3.63) is 75.4 Å². The molecule has 170 valence electrons. The fourth-order valence-electron chi connectivity index (χ4n) is 3.96. The molecule has 0 unspecified atom stereocenters. The van der Waals surface area contributed by atoms with Crippen LogP contribution in [0.2, 0.25) is 0 Å². The van der Waals surface area contributed by atoms with Crippen LogP contribution >= 0.6 is 0 Å². The Labute approximate surface area is 194 Å². The number of aryl methyl sites for hydroxylation is 4. The van der Waals surface area contributed by atoms with Gasteiger partial charge < -0.3 is 0 Å². The zero-order valence-electron chi connectivity index (χ0n) is 22.0. The van der Waals surface area contributed by atoms with Crippen molar-refractivity contribution in [3.63, 3.8) is 0 Å². The molecule has 0 heteroatoms. The third kappa shape index (κ3) is 10.1. The van der Waals surface area contributed by atoms with Crippen LogP contribution in [0.1, 0.15) is 97.9 Å². The normalized spacial score (nSPS) is 9.87. The smallest absolute Gasteiger partial charge is 0.0274 e. The van der Waals surface area contributed by atoms with Crippen LogP contribution in [0.4, 0.5) is 0 Å². The summed E-state index contributed by atoms with van der Waals surface area (Å²) in [5.74, 6) is 3.60. The molecule has 0 radical (unpaired) electrons. The van der Waals surface area contributed by atoms with Gasteiger partial charge in [-0.15, -0.1) is 6.42 Å². The van der Waals surface area contributed by atoms with Crippen molar-refractivity contribution in [2.24, 2.45) is 5.92 Å². The summed E-state index contributed by atoms with van der Waals surface area (Å²) in [6.07, 6.45) is 10.8. The Bertz CT molecular complexity index is 868. The van der Waals surface area contributed by atoms with E-state index in [2.05, 4.69) is 80.0 Å². The van der Waals surface area contributed by atoms with E-state index in [-0.39, 0.29) is 0 Å². The van der Waals surface area contributed by atoms with Gasteiger partial charge in [-0.05, 0) is 99.4 Å². The molecule has 0 aliphatic carbocycles. The molecule has 0 saturated carbocycles. The minimum atomic E-state index is 0.963. The summed E-state index contributed by atoms with van der Waals surface area (Å²) in [5, 5.41) is 0. The second-order valence-electron chi connectivity index (χ2n) is 9.06. The number of rotatable bonds is 5. The van der Waals surface area contributed by atoms with E-state index in [1.165, 1.54) is 64.6 Å². The Morgan fingerprint density at radius 3 is 1.84 bits per heavy atom. The van der Waals surface area contributed by atoms with Crippen LogP contribution in [0.5, 0.6) is 0 Å². The molecule has 0 bridgehead atoms. The zero-order valence-corrected chi connectivity index (χ0v) is 22.0. The van der Waals surface area contributed by atoms with Crippen molar-refractivity contribution in [1.29, 1.82) is 0 Å². The molecular formula is C31H46. The SMILES string of the molecule is C#Cc1cc(C)ccc1C.C=C(C)c1c(C)cc(C)c(C)c1C.CCCC(C)CCC. The highest BCUT2D eigenvalue weighted by Crippen LogP contribution is 2.26. The third-order valence-electron chi connectivity index (χ3n) is 5.89. The maximum atomic E-state index is 5.27. The summed E-state index contributed by atoms with van der Waals surface area (Å²) in [6, 6.07) is 8.38. The van der Waals surface area contributed by atoms with Gasteiger partial charge in [0.1, 0.15) is 0 Å². The molecule has 0 nitrogen and oxygen atoms in total. The van der Waals surface area contributed by atoms with Crippen LogP contribution in [-0.2, 0) is 0 Å². The highest BCUT2D eigenvalue weighted by molar-refractivity contribution is 5.69. The van der Waals surface area contributed by atoms with Crippen LogP contribution in [-0.4, -0.2) is 0 Å². The minimum Gasteiger partial charge on any atom is -0.115 e. The zero-order chi connectivity index (χ0) is 24.1. The van der Waals surface area contributed by atoms with Gasteiger partial charge in [0.15, 0.2) is 0 Å². The predicted octanol–water partition coefficient (Wildman–Crippen LogP) is 9.46. The summed E-state index contributed by atoms with van der Waals surface area (Å²) in [6.45, 7) is 25.7. The molecule has 0 fully saturated rings. The largest absolute Gasteiger partial charge is 0.115 e. The Hall–Kier alpha value is -2.26. The summed E-state index contributed by atoms with van der Waals surface area (Å²) >= 11 is 0. The molecule has 2 aromatic carbocycles. The van der Waals surface area contributed by atoms with E-state index in [1.807, 2.05) is 26.0 Å². The van der Waals surface area contributed by atoms with Gasteiger partial charge in [0, 0.05) is 5.56 Å². The van der Waals surface area contributed by atoms with E-state index in [4.69, 9.17) is 6.42 Å². The van der Waals surface area contributed by atoms with Gasteiger partial charge in [0.2, 0.25) is 0 Å². The highest BCUT2D eigenvalue weighted by Gasteiger charge is 2.07. The lowest BCUT2D eigenvalue weighted by Crippen LogP contribution is -1.96. The lowest BCUT2D eigenvalue weighted by molar-refractivity contribution is 0.480. The molecule has 0 aromatic heterocycles. The molecule has 0 spiro atoms. The van der Waals surface area contributed by atoms with Crippen molar-refractivity contribution < 1.29 is 0 Å². The second kappa shape index (κ2) is 14.7. The fourth-order valence-corrected chi connectivity index (χ4v) is 3.96. The number of hydrogen-bond acceptors (Lipinski definition) is 0. The van der Waals surface area contributed by atoms with Gasteiger partial charge in [-0.1, -0.05) is 82.7 Å². The highest BCUT2D eigenvalue weighted by atomic mass is 14.1. The minimum absolute atomic E-state index is 0.963. The van der Waals surface area contributed by atoms with Crippen LogP contribution in [0.25, 0.3) is 5.57 Å². The van der Waals surface area contributed by atoms with Crippen LogP contribution in [0, 0.1) is 59.8 Å².